The number of carbonyl (C=O) groups excluding carboxylic acids is 2. The molecule has 0 saturated carbocycles. The minimum absolute atomic E-state index is 0.0886. The summed E-state index contributed by atoms with van der Waals surface area (Å²) in [6.07, 6.45) is 1.90. The molecule has 2 aliphatic rings. The predicted molar refractivity (Wildman–Crippen MR) is 91.9 cm³/mol. The first-order valence-corrected chi connectivity index (χ1v) is 8.84. The molecular formula is C18H23F2N3O3. The molecule has 0 spiro atoms. The summed E-state index contributed by atoms with van der Waals surface area (Å²) in [5.74, 6) is -1.30. The van der Waals surface area contributed by atoms with Gasteiger partial charge < -0.3 is 14.5 Å². The molecule has 2 saturated heterocycles. The van der Waals surface area contributed by atoms with E-state index in [2.05, 4.69) is 0 Å². The van der Waals surface area contributed by atoms with Crippen LogP contribution in [0.5, 0.6) is 0 Å². The predicted octanol–water partition coefficient (Wildman–Crippen LogP) is 2.23. The monoisotopic (exact) mass is 367 g/mol. The van der Waals surface area contributed by atoms with E-state index in [9.17, 15) is 18.4 Å². The van der Waals surface area contributed by atoms with Crippen LogP contribution in [-0.4, -0.2) is 67.7 Å². The number of amides is 2. The van der Waals surface area contributed by atoms with Crippen LogP contribution in [0.2, 0.25) is 0 Å². The first-order chi connectivity index (χ1) is 12.5. The topological polar surface area (TPSA) is 53.1 Å². The number of nitrogens with zero attached hydrogens (tertiary/aromatic N) is 3. The van der Waals surface area contributed by atoms with Crippen molar-refractivity contribution in [1.82, 2.24) is 9.80 Å². The lowest BCUT2D eigenvalue weighted by molar-refractivity contribution is -0.137. The van der Waals surface area contributed by atoms with E-state index in [4.69, 9.17) is 4.74 Å². The number of piperazine rings is 1. The van der Waals surface area contributed by atoms with Gasteiger partial charge in [-0.3, -0.25) is 9.69 Å². The second-order valence-corrected chi connectivity index (χ2v) is 6.58. The van der Waals surface area contributed by atoms with Gasteiger partial charge in [0.15, 0.2) is 0 Å². The number of ether oxygens (including phenoxy) is 1. The summed E-state index contributed by atoms with van der Waals surface area (Å²) in [6, 6.07) is 3.02. The van der Waals surface area contributed by atoms with E-state index in [0.717, 1.165) is 18.9 Å². The van der Waals surface area contributed by atoms with Gasteiger partial charge in [-0.05, 0) is 31.4 Å². The fourth-order valence-corrected chi connectivity index (χ4v) is 3.64. The molecule has 2 fully saturated rings. The van der Waals surface area contributed by atoms with Gasteiger partial charge in [0.2, 0.25) is 5.91 Å². The van der Waals surface area contributed by atoms with Crippen molar-refractivity contribution < 1.29 is 23.1 Å². The van der Waals surface area contributed by atoms with Crippen LogP contribution in [0, 0.1) is 11.6 Å². The maximum Gasteiger partial charge on any atom is 0.410 e. The lowest BCUT2D eigenvalue weighted by Gasteiger charge is -2.40. The number of rotatable bonds is 2. The Labute approximate surface area is 151 Å². The number of likely N-dealkylation sites (tertiary alicyclic amines) is 1. The number of hydrogen-bond donors (Lipinski definition) is 0. The number of methoxy groups -OCH3 is 1. The Hall–Kier alpha value is -2.38. The summed E-state index contributed by atoms with van der Waals surface area (Å²) in [5, 5.41) is 0. The molecule has 0 aromatic heterocycles. The summed E-state index contributed by atoms with van der Waals surface area (Å²) in [6.45, 7) is 2.30. The minimum atomic E-state index is -0.611. The molecule has 0 bridgehead atoms. The molecule has 2 heterocycles. The number of piperidine rings is 1. The third kappa shape index (κ3) is 3.73. The van der Waals surface area contributed by atoms with Gasteiger partial charge >= 0.3 is 6.09 Å². The van der Waals surface area contributed by atoms with Crippen molar-refractivity contribution in [3.8, 4) is 0 Å². The zero-order valence-corrected chi connectivity index (χ0v) is 14.8. The fraction of sp³-hybridized carbons (Fsp3) is 0.556. The molecule has 1 unspecified atom stereocenters. The SMILES string of the molecule is COC(=O)N1CCCCC1C(=O)N1CCN(c2ccc(F)cc2F)CC1. The van der Waals surface area contributed by atoms with Crippen LogP contribution in [0.1, 0.15) is 19.3 Å². The molecule has 0 N–H and O–H groups in total. The average Bonchev–Trinajstić information content (AvgIpc) is 2.67. The van der Waals surface area contributed by atoms with E-state index in [1.165, 1.54) is 24.1 Å². The molecular weight excluding hydrogens is 344 g/mol. The lowest BCUT2D eigenvalue weighted by Crippen LogP contribution is -2.57. The Kier molecular flexibility index (Phi) is 5.58. The minimum Gasteiger partial charge on any atom is -0.453 e. The van der Waals surface area contributed by atoms with Gasteiger partial charge in [0.1, 0.15) is 17.7 Å². The van der Waals surface area contributed by atoms with Crippen molar-refractivity contribution in [2.45, 2.75) is 25.3 Å². The molecule has 1 aromatic rings. The highest BCUT2D eigenvalue weighted by Crippen LogP contribution is 2.24. The molecule has 142 valence electrons. The molecule has 0 radical (unpaired) electrons. The first-order valence-electron chi connectivity index (χ1n) is 8.84. The number of anilines is 1. The van der Waals surface area contributed by atoms with Gasteiger partial charge in [0, 0.05) is 38.8 Å². The van der Waals surface area contributed by atoms with E-state index in [1.807, 2.05) is 0 Å². The number of benzene rings is 1. The van der Waals surface area contributed by atoms with Crippen LogP contribution in [0.4, 0.5) is 19.3 Å². The Bertz CT molecular complexity index is 678. The van der Waals surface area contributed by atoms with Crippen molar-refractivity contribution in [2.24, 2.45) is 0 Å². The maximum absolute atomic E-state index is 13.9. The van der Waals surface area contributed by atoms with Crippen molar-refractivity contribution in [3.63, 3.8) is 0 Å². The van der Waals surface area contributed by atoms with Gasteiger partial charge in [-0.1, -0.05) is 0 Å². The molecule has 3 rings (SSSR count). The Morgan fingerprint density at radius 1 is 1.08 bits per heavy atom. The highest BCUT2D eigenvalue weighted by molar-refractivity contribution is 5.86. The zero-order valence-electron chi connectivity index (χ0n) is 14.8. The molecule has 2 aliphatic heterocycles. The average molecular weight is 367 g/mol. The Morgan fingerprint density at radius 2 is 1.81 bits per heavy atom. The standard InChI is InChI=1S/C18H23F2N3O3/c1-26-18(25)23-7-3-2-4-16(23)17(24)22-10-8-21(9-11-22)15-6-5-13(19)12-14(15)20/h5-6,12,16H,2-4,7-11H2,1H3. The van der Waals surface area contributed by atoms with Crippen LogP contribution >= 0.6 is 0 Å². The number of carbonyl (C=O) groups is 2. The summed E-state index contributed by atoms with van der Waals surface area (Å²) in [4.78, 5) is 29.8. The van der Waals surface area contributed by atoms with Crippen LogP contribution in [0.15, 0.2) is 18.2 Å². The van der Waals surface area contributed by atoms with Crippen molar-refractivity contribution in [1.29, 1.82) is 0 Å². The largest absolute Gasteiger partial charge is 0.453 e. The summed E-state index contributed by atoms with van der Waals surface area (Å²) in [5.41, 5.74) is 0.340. The third-order valence-corrected chi connectivity index (χ3v) is 5.04. The van der Waals surface area contributed by atoms with E-state index in [-0.39, 0.29) is 5.91 Å². The highest BCUT2D eigenvalue weighted by Gasteiger charge is 2.36. The van der Waals surface area contributed by atoms with Crippen molar-refractivity contribution in [3.05, 3.63) is 29.8 Å². The Balaban J connectivity index is 1.63. The van der Waals surface area contributed by atoms with Crippen LogP contribution < -0.4 is 4.90 Å². The zero-order chi connectivity index (χ0) is 18.7. The second-order valence-electron chi connectivity index (χ2n) is 6.58. The molecule has 1 atom stereocenters. The van der Waals surface area contributed by atoms with Gasteiger partial charge in [-0.25, -0.2) is 13.6 Å². The summed E-state index contributed by atoms with van der Waals surface area (Å²) in [7, 11) is 1.31. The molecule has 2 amide bonds. The smallest absolute Gasteiger partial charge is 0.410 e. The number of hydrogen-bond acceptors (Lipinski definition) is 4. The van der Waals surface area contributed by atoms with Crippen LogP contribution in [-0.2, 0) is 9.53 Å². The highest BCUT2D eigenvalue weighted by atomic mass is 19.1. The molecule has 6 nitrogen and oxygen atoms in total. The van der Waals surface area contributed by atoms with Gasteiger partial charge in [-0.15, -0.1) is 0 Å². The molecule has 1 aromatic carbocycles. The van der Waals surface area contributed by atoms with Crippen LogP contribution in [0.3, 0.4) is 0 Å². The van der Waals surface area contributed by atoms with Gasteiger partial charge in [0.25, 0.3) is 0 Å². The van der Waals surface area contributed by atoms with Gasteiger partial charge in [0.05, 0.1) is 12.8 Å². The quantitative estimate of drug-likeness (QED) is 0.805. The van der Waals surface area contributed by atoms with Crippen molar-refractivity contribution in [2.75, 3.05) is 44.7 Å². The molecule has 26 heavy (non-hydrogen) atoms. The third-order valence-electron chi connectivity index (χ3n) is 5.04. The van der Waals surface area contributed by atoms with Crippen LogP contribution in [0.25, 0.3) is 0 Å². The maximum atomic E-state index is 13.9. The van der Waals surface area contributed by atoms with E-state index in [1.54, 1.807) is 9.80 Å². The summed E-state index contributed by atoms with van der Waals surface area (Å²) < 4.78 is 31.8. The van der Waals surface area contributed by atoms with Crippen molar-refractivity contribution >= 4 is 17.7 Å². The first kappa shape index (κ1) is 18.4. The second kappa shape index (κ2) is 7.88. The Morgan fingerprint density at radius 3 is 2.46 bits per heavy atom. The summed E-state index contributed by atoms with van der Waals surface area (Å²) >= 11 is 0. The van der Waals surface area contributed by atoms with E-state index >= 15 is 0 Å². The lowest BCUT2D eigenvalue weighted by atomic mass is 10.0. The van der Waals surface area contributed by atoms with E-state index < -0.39 is 23.8 Å². The fourth-order valence-electron chi connectivity index (χ4n) is 3.64. The number of halogens is 2. The normalized spacial score (nSPS) is 20.9. The molecule has 8 heteroatoms. The molecule has 0 aliphatic carbocycles. The van der Waals surface area contributed by atoms with Gasteiger partial charge in [-0.2, -0.15) is 0 Å². The van der Waals surface area contributed by atoms with E-state index in [0.29, 0.717) is 44.8 Å².